The standard InChI is InChI=1S/C25H27FN6O3S2/c1-17(2)31-16-22(32(25(31)33)20-7-5-18(26)6-8-20)21-9-12-27-24(29-21)28-19-10-13-30(14-11-19)37(34,35)23-4-3-15-36-23/h3-9,12,15-17,19H,10-11,13-14H2,1-2H3,(H,27,28,29). The van der Waals surface area contributed by atoms with Crippen LogP contribution < -0.4 is 11.0 Å². The lowest BCUT2D eigenvalue weighted by Crippen LogP contribution is -2.42. The first-order chi connectivity index (χ1) is 17.7. The number of anilines is 1. The van der Waals surface area contributed by atoms with Gasteiger partial charge < -0.3 is 5.32 Å². The number of piperidine rings is 1. The van der Waals surface area contributed by atoms with Crippen LogP contribution in [-0.4, -0.2) is 51.0 Å². The van der Waals surface area contributed by atoms with E-state index in [0.29, 0.717) is 53.2 Å². The van der Waals surface area contributed by atoms with Gasteiger partial charge in [0.05, 0.1) is 17.1 Å². The van der Waals surface area contributed by atoms with Gasteiger partial charge in [-0.1, -0.05) is 6.07 Å². The van der Waals surface area contributed by atoms with Crippen LogP contribution in [0.3, 0.4) is 0 Å². The molecule has 0 aliphatic carbocycles. The Kier molecular flexibility index (Phi) is 6.97. The highest BCUT2D eigenvalue weighted by Gasteiger charge is 2.30. The first kappa shape index (κ1) is 25.3. The summed E-state index contributed by atoms with van der Waals surface area (Å²) in [6.45, 7) is 4.63. The Balaban J connectivity index is 1.37. The third-order valence-electron chi connectivity index (χ3n) is 6.35. The fourth-order valence-electron chi connectivity index (χ4n) is 4.39. The van der Waals surface area contributed by atoms with Crippen molar-refractivity contribution in [3.8, 4) is 17.1 Å². The van der Waals surface area contributed by atoms with Gasteiger partial charge in [0, 0.05) is 37.6 Å². The van der Waals surface area contributed by atoms with Gasteiger partial charge in [-0.3, -0.25) is 9.13 Å². The van der Waals surface area contributed by atoms with Crippen molar-refractivity contribution in [2.24, 2.45) is 0 Å². The maximum absolute atomic E-state index is 13.5. The summed E-state index contributed by atoms with van der Waals surface area (Å²) in [5.41, 5.74) is 1.39. The molecule has 1 aromatic carbocycles. The second kappa shape index (κ2) is 10.2. The van der Waals surface area contributed by atoms with Gasteiger partial charge in [-0.15, -0.1) is 11.3 Å². The van der Waals surface area contributed by atoms with Gasteiger partial charge >= 0.3 is 5.69 Å². The Morgan fingerprint density at radius 1 is 1.11 bits per heavy atom. The average Bonchev–Trinajstić information content (AvgIpc) is 3.54. The Hall–Kier alpha value is -3.35. The van der Waals surface area contributed by atoms with Gasteiger partial charge in [0.15, 0.2) is 0 Å². The van der Waals surface area contributed by atoms with E-state index in [1.54, 1.807) is 52.7 Å². The molecule has 5 rings (SSSR count). The molecule has 1 N–H and O–H groups in total. The molecule has 0 saturated carbocycles. The third-order valence-corrected chi connectivity index (χ3v) is 9.62. The molecule has 0 amide bonds. The van der Waals surface area contributed by atoms with Crippen molar-refractivity contribution in [2.45, 2.75) is 43.0 Å². The van der Waals surface area contributed by atoms with Crippen LogP contribution in [0.1, 0.15) is 32.7 Å². The van der Waals surface area contributed by atoms with Crippen molar-refractivity contribution in [2.75, 3.05) is 18.4 Å². The third kappa shape index (κ3) is 5.09. The van der Waals surface area contributed by atoms with Gasteiger partial charge in [-0.2, -0.15) is 4.31 Å². The largest absolute Gasteiger partial charge is 0.351 e. The number of hydrogen-bond acceptors (Lipinski definition) is 7. The number of nitrogens with zero attached hydrogens (tertiary/aromatic N) is 5. The lowest BCUT2D eigenvalue weighted by Gasteiger charge is -2.31. The molecule has 12 heteroatoms. The summed E-state index contributed by atoms with van der Waals surface area (Å²) >= 11 is 1.22. The number of halogens is 1. The lowest BCUT2D eigenvalue weighted by molar-refractivity contribution is 0.330. The number of nitrogens with one attached hydrogen (secondary N) is 1. The van der Waals surface area contributed by atoms with E-state index in [4.69, 9.17) is 0 Å². The Bertz CT molecular complexity index is 1540. The fraction of sp³-hybridized carbons (Fsp3) is 0.320. The van der Waals surface area contributed by atoms with Crippen LogP contribution >= 0.6 is 11.3 Å². The van der Waals surface area contributed by atoms with E-state index in [1.165, 1.54) is 32.3 Å². The maximum atomic E-state index is 13.5. The van der Waals surface area contributed by atoms with Gasteiger partial charge in [0.2, 0.25) is 5.95 Å². The quantitative estimate of drug-likeness (QED) is 0.377. The van der Waals surface area contributed by atoms with Crippen molar-refractivity contribution in [3.05, 3.63) is 76.5 Å². The number of benzene rings is 1. The molecule has 4 aromatic rings. The molecule has 1 saturated heterocycles. The predicted molar refractivity (Wildman–Crippen MR) is 141 cm³/mol. The molecule has 0 bridgehead atoms. The molecule has 194 valence electrons. The van der Waals surface area contributed by atoms with Crippen molar-refractivity contribution < 1.29 is 12.8 Å². The normalized spacial score (nSPS) is 15.4. The number of hydrogen-bond donors (Lipinski definition) is 1. The summed E-state index contributed by atoms with van der Waals surface area (Å²) in [7, 11) is -3.47. The SMILES string of the molecule is CC(C)n1cc(-c2ccnc(NC3CCN(S(=O)(=O)c4cccs4)CC3)n2)n(-c2ccc(F)cc2)c1=O. The summed E-state index contributed by atoms with van der Waals surface area (Å²) in [4.78, 5) is 22.2. The van der Waals surface area contributed by atoms with Crippen molar-refractivity contribution in [1.82, 2.24) is 23.4 Å². The van der Waals surface area contributed by atoms with E-state index in [-0.39, 0.29) is 23.6 Å². The molecule has 0 radical (unpaired) electrons. The first-order valence-corrected chi connectivity index (χ1v) is 14.3. The zero-order chi connectivity index (χ0) is 26.2. The lowest BCUT2D eigenvalue weighted by atomic mass is 10.1. The highest BCUT2D eigenvalue weighted by Crippen LogP contribution is 2.26. The predicted octanol–water partition coefficient (Wildman–Crippen LogP) is 4.14. The van der Waals surface area contributed by atoms with Crippen LogP contribution in [-0.2, 0) is 10.0 Å². The van der Waals surface area contributed by atoms with Crippen LogP contribution in [0, 0.1) is 5.82 Å². The Morgan fingerprint density at radius 3 is 2.49 bits per heavy atom. The van der Waals surface area contributed by atoms with Crippen molar-refractivity contribution in [3.63, 3.8) is 0 Å². The van der Waals surface area contributed by atoms with Gasteiger partial charge in [-0.25, -0.2) is 27.6 Å². The molecule has 3 aromatic heterocycles. The van der Waals surface area contributed by atoms with Crippen LogP contribution in [0.15, 0.2) is 69.2 Å². The van der Waals surface area contributed by atoms with Gasteiger partial charge in [0.25, 0.3) is 10.0 Å². The number of sulfonamides is 1. The molecular weight excluding hydrogens is 515 g/mol. The fourth-order valence-corrected chi connectivity index (χ4v) is 7.00. The van der Waals surface area contributed by atoms with Crippen LogP contribution in [0.25, 0.3) is 17.1 Å². The molecule has 0 atom stereocenters. The van der Waals surface area contributed by atoms with Gasteiger partial charge in [-0.05, 0) is 68.5 Å². The molecule has 4 heterocycles. The topological polar surface area (TPSA) is 102 Å². The zero-order valence-corrected chi connectivity index (χ0v) is 22.0. The van der Waals surface area contributed by atoms with Gasteiger partial charge in [0.1, 0.15) is 10.0 Å². The molecule has 37 heavy (non-hydrogen) atoms. The molecule has 0 unspecified atom stereocenters. The maximum Gasteiger partial charge on any atom is 0.333 e. The second-order valence-corrected chi connectivity index (χ2v) is 12.2. The molecule has 1 aliphatic rings. The minimum atomic E-state index is -3.47. The van der Waals surface area contributed by atoms with Crippen LogP contribution in [0.5, 0.6) is 0 Å². The monoisotopic (exact) mass is 542 g/mol. The zero-order valence-electron chi connectivity index (χ0n) is 20.4. The Morgan fingerprint density at radius 2 is 1.84 bits per heavy atom. The summed E-state index contributed by atoms with van der Waals surface area (Å²) in [6, 6.07) is 10.8. The number of rotatable bonds is 7. The van der Waals surface area contributed by atoms with Crippen LogP contribution in [0.2, 0.25) is 0 Å². The number of aromatic nitrogens is 4. The summed E-state index contributed by atoms with van der Waals surface area (Å²) in [5, 5.41) is 5.08. The Labute approximate surface area is 218 Å². The van der Waals surface area contributed by atoms with E-state index in [2.05, 4.69) is 15.3 Å². The summed E-state index contributed by atoms with van der Waals surface area (Å²) in [5.74, 6) is 0.0110. The van der Waals surface area contributed by atoms with E-state index in [1.807, 2.05) is 13.8 Å². The first-order valence-electron chi connectivity index (χ1n) is 12.0. The van der Waals surface area contributed by atoms with E-state index < -0.39 is 10.0 Å². The van der Waals surface area contributed by atoms with E-state index in [0.717, 1.165) is 0 Å². The van der Waals surface area contributed by atoms with E-state index in [9.17, 15) is 17.6 Å². The molecule has 1 fully saturated rings. The molecule has 9 nitrogen and oxygen atoms in total. The van der Waals surface area contributed by atoms with Crippen molar-refractivity contribution in [1.29, 1.82) is 0 Å². The summed E-state index contributed by atoms with van der Waals surface area (Å²) < 4.78 is 44.1. The summed E-state index contributed by atoms with van der Waals surface area (Å²) in [6.07, 6.45) is 4.59. The highest BCUT2D eigenvalue weighted by molar-refractivity contribution is 7.91. The number of imidazole rings is 1. The van der Waals surface area contributed by atoms with E-state index >= 15 is 0 Å². The highest BCUT2D eigenvalue weighted by atomic mass is 32.2. The molecule has 1 aliphatic heterocycles. The molecular formula is C25H27FN6O3S2. The van der Waals surface area contributed by atoms with Crippen molar-refractivity contribution >= 4 is 27.3 Å². The number of thiophene rings is 1. The average molecular weight is 543 g/mol. The minimum absolute atomic E-state index is 0.00425. The minimum Gasteiger partial charge on any atom is -0.351 e. The molecule has 0 spiro atoms. The second-order valence-electron chi connectivity index (χ2n) is 9.13. The van der Waals surface area contributed by atoms with Crippen LogP contribution in [0.4, 0.5) is 10.3 Å². The smallest absolute Gasteiger partial charge is 0.333 e.